The molecule has 0 saturated heterocycles. The van der Waals surface area contributed by atoms with Gasteiger partial charge in [-0.1, -0.05) is 0 Å². The number of hydrogen-bond donors (Lipinski definition) is 2. The number of nitrogens with zero attached hydrogens (tertiary/aromatic N) is 1. The quantitative estimate of drug-likeness (QED) is 0.780. The number of anilines is 1. The normalized spacial score (nSPS) is 22.1. The zero-order valence-electron chi connectivity index (χ0n) is 15.7. The summed E-state index contributed by atoms with van der Waals surface area (Å²) in [6, 6.07) is 3.91. The third kappa shape index (κ3) is 4.52. The molecule has 0 fully saturated rings. The van der Waals surface area contributed by atoms with Crippen LogP contribution in [0.3, 0.4) is 0 Å². The zero-order valence-corrected chi connectivity index (χ0v) is 15.7. The fourth-order valence-electron chi connectivity index (χ4n) is 2.60. The maximum Gasteiger partial charge on any atom is 0.413 e. The molecular weight excluding hydrogens is 363 g/mol. The van der Waals surface area contributed by atoms with E-state index in [2.05, 4.69) is 10.3 Å². The first-order chi connectivity index (χ1) is 12.4. The molecule has 0 aliphatic carbocycles. The van der Waals surface area contributed by atoms with E-state index in [-0.39, 0.29) is 17.9 Å². The maximum absolute atomic E-state index is 14.3. The van der Waals surface area contributed by atoms with Gasteiger partial charge in [0.2, 0.25) is 0 Å². The zero-order chi connectivity index (χ0) is 20.5. The summed E-state index contributed by atoms with van der Waals surface area (Å²) in [5.41, 5.74) is 1.81. The SMILES string of the molecule is CC(C)(C)OC(=O)NC1=NC(C)(c2cc(N)ccc2F)COC1(CF)CF. The molecule has 27 heavy (non-hydrogen) atoms. The number of alkyl halides is 2. The lowest BCUT2D eigenvalue weighted by Crippen LogP contribution is -2.59. The monoisotopic (exact) mass is 387 g/mol. The number of amides is 1. The van der Waals surface area contributed by atoms with Gasteiger partial charge in [-0.3, -0.25) is 10.3 Å². The van der Waals surface area contributed by atoms with E-state index in [4.69, 9.17) is 15.2 Å². The molecule has 0 saturated carbocycles. The number of ether oxygens (including phenoxy) is 2. The van der Waals surface area contributed by atoms with E-state index in [9.17, 15) is 18.0 Å². The Morgan fingerprint density at radius 3 is 2.56 bits per heavy atom. The number of rotatable bonds is 3. The second-order valence-corrected chi connectivity index (χ2v) is 7.65. The number of carbonyl (C=O) groups is 1. The van der Waals surface area contributed by atoms with Crippen LogP contribution in [0.1, 0.15) is 33.3 Å². The Bertz CT molecular complexity index is 745. The average molecular weight is 387 g/mol. The van der Waals surface area contributed by atoms with Gasteiger partial charge in [-0.25, -0.2) is 18.0 Å². The number of halogens is 3. The third-order valence-corrected chi connectivity index (χ3v) is 4.04. The van der Waals surface area contributed by atoms with E-state index >= 15 is 0 Å². The van der Waals surface area contributed by atoms with Crippen molar-refractivity contribution in [2.24, 2.45) is 4.99 Å². The Morgan fingerprint density at radius 2 is 2.00 bits per heavy atom. The van der Waals surface area contributed by atoms with Gasteiger partial charge >= 0.3 is 6.09 Å². The number of nitrogen functional groups attached to an aromatic ring is 1. The van der Waals surface area contributed by atoms with Crippen LogP contribution >= 0.6 is 0 Å². The third-order valence-electron chi connectivity index (χ3n) is 4.04. The topological polar surface area (TPSA) is 85.9 Å². The molecule has 0 radical (unpaired) electrons. The molecule has 9 heteroatoms. The number of aliphatic imine (C=N–C) groups is 1. The van der Waals surface area contributed by atoms with Crippen molar-refractivity contribution < 1.29 is 27.4 Å². The highest BCUT2D eigenvalue weighted by molar-refractivity contribution is 6.01. The van der Waals surface area contributed by atoms with Gasteiger partial charge < -0.3 is 15.2 Å². The summed E-state index contributed by atoms with van der Waals surface area (Å²) < 4.78 is 52.1. The minimum Gasteiger partial charge on any atom is -0.444 e. The first-order valence-electron chi connectivity index (χ1n) is 8.36. The van der Waals surface area contributed by atoms with E-state index in [1.165, 1.54) is 25.1 Å². The van der Waals surface area contributed by atoms with Crippen molar-refractivity contribution in [1.82, 2.24) is 5.32 Å². The van der Waals surface area contributed by atoms with Crippen molar-refractivity contribution in [1.29, 1.82) is 0 Å². The highest BCUT2D eigenvalue weighted by Gasteiger charge is 2.48. The van der Waals surface area contributed by atoms with Gasteiger partial charge in [0.1, 0.15) is 36.1 Å². The summed E-state index contributed by atoms with van der Waals surface area (Å²) in [5.74, 6) is -1.01. The van der Waals surface area contributed by atoms with Crippen LogP contribution in [0.15, 0.2) is 23.2 Å². The molecular formula is C18H24F3N3O3. The van der Waals surface area contributed by atoms with Crippen LogP contribution in [0.25, 0.3) is 0 Å². The second-order valence-electron chi connectivity index (χ2n) is 7.65. The highest BCUT2D eigenvalue weighted by atomic mass is 19.1. The minimum atomic E-state index is -2.09. The molecule has 3 N–H and O–H groups in total. The molecule has 1 aromatic carbocycles. The van der Waals surface area contributed by atoms with Crippen molar-refractivity contribution >= 4 is 17.6 Å². The Balaban J connectivity index is 2.48. The minimum absolute atomic E-state index is 0.0808. The van der Waals surface area contributed by atoms with Crippen LogP contribution in [0, 0.1) is 5.82 Å². The lowest BCUT2D eigenvalue weighted by Gasteiger charge is -2.40. The van der Waals surface area contributed by atoms with Crippen LogP contribution in [-0.2, 0) is 15.0 Å². The van der Waals surface area contributed by atoms with E-state index < -0.39 is 47.8 Å². The van der Waals surface area contributed by atoms with Gasteiger partial charge in [-0.2, -0.15) is 0 Å². The van der Waals surface area contributed by atoms with Gasteiger partial charge in [0.05, 0.1) is 6.61 Å². The van der Waals surface area contributed by atoms with Crippen LogP contribution in [-0.4, -0.2) is 43.1 Å². The average Bonchev–Trinajstić information content (AvgIpc) is 2.56. The highest BCUT2D eigenvalue weighted by Crippen LogP contribution is 2.36. The molecule has 150 valence electrons. The second kappa shape index (κ2) is 7.38. The lowest BCUT2D eigenvalue weighted by molar-refractivity contribution is -0.0594. The first-order valence-corrected chi connectivity index (χ1v) is 8.36. The molecule has 0 bridgehead atoms. The predicted molar refractivity (Wildman–Crippen MR) is 95.6 cm³/mol. The van der Waals surface area contributed by atoms with E-state index in [0.717, 1.165) is 0 Å². The van der Waals surface area contributed by atoms with Crippen molar-refractivity contribution in [3.05, 3.63) is 29.6 Å². The molecule has 1 aliphatic rings. The summed E-state index contributed by atoms with van der Waals surface area (Å²) in [6.45, 7) is 3.57. The van der Waals surface area contributed by atoms with Crippen LogP contribution in [0.5, 0.6) is 0 Å². The van der Waals surface area contributed by atoms with Gasteiger partial charge in [-0.15, -0.1) is 0 Å². The molecule has 2 rings (SSSR count). The van der Waals surface area contributed by atoms with E-state index in [0.29, 0.717) is 0 Å². The van der Waals surface area contributed by atoms with Crippen molar-refractivity contribution in [3.8, 4) is 0 Å². The Labute approximate surface area is 155 Å². The molecule has 1 heterocycles. The van der Waals surface area contributed by atoms with Crippen molar-refractivity contribution in [2.75, 3.05) is 25.7 Å². The summed E-state index contributed by atoms with van der Waals surface area (Å²) in [4.78, 5) is 16.4. The summed E-state index contributed by atoms with van der Waals surface area (Å²) in [7, 11) is 0. The van der Waals surface area contributed by atoms with Crippen LogP contribution in [0.4, 0.5) is 23.7 Å². The van der Waals surface area contributed by atoms with Crippen molar-refractivity contribution in [2.45, 2.75) is 44.4 Å². The molecule has 6 nitrogen and oxygen atoms in total. The largest absolute Gasteiger partial charge is 0.444 e. The van der Waals surface area contributed by atoms with E-state index in [1.807, 2.05) is 0 Å². The Morgan fingerprint density at radius 1 is 1.37 bits per heavy atom. The molecule has 1 aliphatic heterocycles. The maximum atomic E-state index is 14.3. The smallest absolute Gasteiger partial charge is 0.413 e. The van der Waals surface area contributed by atoms with Gasteiger partial charge in [0.25, 0.3) is 0 Å². The molecule has 0 spiro atoms. The van der Waals surface area contributed by atoms with Gasteiger partial charge in [-0.05, 0) is 45.9 Å². The van der Waals surface area contributed by atoms with Gasteiger partial charge in [0.15, 0.2) is 5.60 Å². The predicted octanol–water partition coefficient (Wildman–Crippen LogP) is 3.25. The number of nitrogens with one attached hydrogen (secondary N) is 1. The lowest BCUT2D eigenvalue weighted by atomic mass is 9.89. The number of hydrogen-bond acceptors (Lipinski definition) is 5. The van der Waals surface area contributed by atoms with Crippen LogP contribution in [0.2, 0.25) is 0 Å². The van der Waals surface area contributed by atoms with Gasteiger partial charge in [0, 0.05) is 11.3 Å². The molecule has 1 amide bonds. The number of nitrogens with two attached hydrogens (primary N) is 1. The molecule has 1 atom stereocenters. The van der Waals surface area contributed by atoms with Crippen LogP contribution < -0.4 is 11.1 Å². The van der Waals surface area contributed by atoms with Crippen molar-refractivity contribution in [3.63, 3.8) is 0 Å². The standard InChI is InChI=1S/C18H24F3N3O3/c1-16(2,3)27-15(25)23-14-18(8-19,9-20)26-10-17(4,24-14)12-7-11(22)5-6-13(12)21/h5-7H,8-10,22H2,1-4H3,(H,23,24,25). The number of amidine groups is 1. The number of carbonyl (C=O) groups excluding carboxylic acids is 1. The summed E-state index contributed by atoms with van der Waals surface area (Å²) >= 11 is 0. The Kier molecular flexibility index (Phi) is 5.74. The number of alkyl carbamates (subject to hydrolysis) is 1. The first kappa shape index (κ1) is 21.0. The fourth-order valence-corrected chi connectivity index (χ4v) is 2.60. The molecule has 0 aromatic heterocycles. The summed E-state index contributed by atoms with van der Waals surface area (Å²) in [6.07, 6.45) is -0.951. The Hall–Kier alpha value is -2.29. The molecule has 1 aromatic rings. The summed E-state index contributed by atoms with van der Waals surface area (Å²) in [5, 5.41) is 2.26. The van der Waals surface area contributed by atoms with E-state index in [1.54, 1.807) is 20.8 Å². The number of benzene rings is 1. The fraction of sp³-hybridized carbons (Fsp3) is 0.556. The molecule has 1 unspecified atom stereocenters.